The molecule has 5 nitrogen and oxygen atoms in total. The monoisotopic (exact) mass is 309 g/mol. The fourth-order valence-electron chi connectivity index (χ4n) is 2.46. The second-order valence-corrected chi connectivity index (χ2v) is 5.67. The summed E-state index contributed by atoms with van der Waals surface area (Å²) in [6.45, 7) is 4.35. The average molecular weight is 310 g/mol. The highest BCUT2D eigenvalue weighted by Gasteiger charge is 2.26. The quantitative estimate of drug-likeness (QED) is 0.898. The van der Waals surface area contributed by atoms with Crippen LogP contribution >= 0.6 is 11.6 Å². The molecule has 6 heteroatoms. The maximum atomic E-state index is 12.3. The second-order valence-electron chi connectivity index (χ2n) is 5.26. The molecule has 1 heterocycles. The molecular formula is C15H20ClN3O2. The van der Waals surface area contributed by atoms with E-state index in [1.807, 2.05) is 28.0 Å². The van der Waals surface area contributed by atoms with Crippen LogP contribution in [0.5, 0.6) is 0 Å². The lowest BCUT2D eigenvalue weighted by molar-refractivity contribution is -0.133. The molecule has 0 saturated carbocycles. The van der Waals surface area contributed by atoms with Gasteiger partial charge in [0.1, 0.15) is 0 Å². The van der Waals surface area contributed by atoms with Crippen molar-refractivity contribution in [2.45, 2.75) is 19.4 Å². The van der Waals surface area contributed by atoms with Gasteiger partial charge in [-0.25, -0.2) is 0 Å². The summed E-state index contributed by atoms with van der Waals surface area (Å²) in [6, 6.07) is 7.09. The predicted octanol–water partition coefficient (Wildman–Crippen LogP) is 0.901. The second kappa shape index (κ2) is 6.91. The zero-order valence-electron chi connectivity index (χ0n) is 12.1. The van der Waals surface area contributed by atoms with E-state index < -0.39 is 0 Å². The summed E-state index contributed by atoms with van der Waals surface area (Å²) in [7, 11) is 0. The first-order valence-electron chi connectivity index (χ1n) is 7.03. The number of carbonyl (C=O) groups is 2. The Labute approximate surface area is 129 Å². The van der Waals surface area contributed by atoms with Gasteiger partial charge in [0.25, 0.3) is 0 Å². The Kier molecular flexibility index (Phi) is 5.20. The fourth-order valence-corrected chi connectivity index (χ4v) is 2.66. The Balaban J connectivity index is 1.89. The number of hydrogen-bond donors (Lipinski definition) is 1. The number of amides is 2. The van der Waals surface area contributed by atoms with Crippen LogP contribution in [0.4, 0.5) is 0 Å². The highest BCUT2D eigenvalue weighted by atomic mass is 35.5. The van der Waals surface area contributed by atoms with Crippen molar-refractivity contribution in [2.75, 3.05) is 26.2 Å². The molecule has 1 aliphatic heterocycles. The summed E-state index contributed by atoms with van der Waals surface area (Å²) in [5, 5.41) is 0.617. The number of halogens is 1. The Bertz CT molecular complexity index is 527. The van der Waals surface area contributed by atoms with Gasteiger partial charge in [0.2, 0.25) is 11.8 Å². The van der Waals surface area contributed by atoms with E-state index in [1.54, 1.807) is 13.0 Å². The first-order valence-corrected chi connectivity index (χ1v) is 7.41. The summed E-state index contributed by atoms with van der Waals surface area (Å²) in [6.07, 6.45) is 0.311. The maximum Gasteiger partial charge on any atom is 0.234 e. The number of primary amides is 1. The summed E-state index contributed by atoms with van der Waals surface area (Å²) < 4.78 is 0. The lowest BCUT2D eigenvalue weighted by Crippen LogP contribution is -2.54. The van der Waals surface area contributed by atoms with E-state index in [0.717, 1.165) is 5.56 Å². The number of hydrogen-bond acceptors (Lipinski definition) is 3. The van der Waals surface area contributed by atoms with Gasteiger partial charge in [-0.2, -0.15) is 0 Å². The van der Waals surface area contributed by atoms with Gasteiger partial charge in [0, 0.05) is 31.2 Å². The van der Waals surface area contributed by atoms with Crippen molar-refractivity contribution in [1.29, 1.82) is 0 Å². The third-order valence-corrected chi connectivity index (χ3v) is 4.29. The number of benzene rings is 1. The molecule has 2 amide bonds. The van der Waals surface area contributed by atoms with Crippen LogP contribution in [0, 0.1) is 0 Å². The topological polar surface area (TPSA) is 66.6 Å². The van der Waals surface area contributed by atoms with Gasteiger partial charge < -0.3 is 10.6 Å². The Morgan fingerprint density at radius 2 is 1.86 bits per heavy atom. The molecule has 2 N–H and O–H groups in total. The van der Waals surface area contributed by atoms with Crippen LogP contribution in [0.15, 0.2) is 24.3 Å². The van der Waals surface area contributed by atoms with Crippen molar-refractivity contribution in [3.63, 3.8) is 0 Å². The third-order valence-electron chi connectivity index (χ3n) is 3.93. The molecule has 1 saturated heterocycles. The SMILES string of the molecule is C[C@H](C(N)=O)N1CCN(C(=O)Cc2ccccc2Cl)CC1. The molecule has 0 bridgehead atoms. The molecule has 1 fully saturated rings. The molecule has 0 aliphatic carbocycles. The van der Waals surface area contributed by atoms with Crippen LogP contribution < -0.4 is 5.73 Å². The number of piperazine rings is 1. The van der Waals surface area contributed by atoms with Gasteiger partial charge in [-0.3, -0.25) is 14.5 Å². The predicted molar refractivity (Wildman–Crippen MR) is 82.0 cm³/mol. The standard InChI is InChI=1S/C15H20ClN3O2/c1-11(15(17)21)18-6-8-19(9-7-18)14(20)10-12-4-2-3-5-13(12)16/h2-5,11H,6-10H2,1H3,(H2,17,21)/t11-/m1/s1. The van der Waals surface area contributed by atoms with Gasteiger partial charge in [0.05, 0.1) is 12.5 Å². The van der Waals surface area contributed by atoms with E-state index in [1.165, 1.54) is 0 Å². The van der Waals surface area contributed by atoms with Crippen LogP contribution in [-0.2, 0) is 16.0 Å². The molecule has 1 aromatic rings. The molecule has 0 aromatic heterocycles. The smallest absolute Gasteiger partial charge is 0.234 e. The number of carbonyl (C=O) groups excluding carboxylic acids is 2. The Morgan fingerprint density at radius 3 is 2.43 bits per heavy atom. The lowest BCUT2D eigenvalue weighted by atomic mass is 10.1. The highest BCUT2D eigenvalue weighted by Crippen LogP contribution is 2.17. The average Bonchev–Trinajstić information content (AvgIpc) is 2.49. The number of nitrogens with zero attached hydrogens (tertiary/aromatic N) is 2. The van der Waals surface area contributed by atoms with E-state index in [2.05, 4.69) is 0 Å². The van der Waals surface area contributed by atoms with Crippen LogP contribution in [0.2, 0.25) is 5.02 Å². The minimum atomic E-state index is -0.328. The minimum Gasteiger partial charge on any atom is -0.368 e. The highest BCUT2D eigenvalue weighted by molar-refractivity contribution is 6.31. The summed E-state index contributed by atoms with van der Waals surface area (Å²) in [5.41, 5.74) is 6.15. The zero-order valence-corrected chi connectivity index (χ0v) is 12.8. The van der Waals surface area contributed by atoms with E-state index in [-0.39, 0.29) is 17.9 Å². The third kappa shape index (κ3) is 3.95. The summed E-state index contributed by atoms with van der Waals surface area (Å²) >= 11 is 6.08. The van der Waals surface area contributed by atoms with Crippen LogP contribution in [0.3, 0.4) is 0 Å². The summed E-state index contributed by atoms with van der Waals surface area (Å²) in [5.74, 6) is -0.264. The largest absolute Gasteiger partial charge is 0.368 e. The van der Waals surface area contributed by atoms with Gasteiger partial charge in [0.15, 0.2) is 0 Å². The van der Waals surface area contributed by atoms with Crippen molar-refractivity contribution in [3.8, 4) is 0 Å². The molecule has 1 aliphatic rings. The molecule has 0 radical (unpaired) electrons. The summed E-state index contributed by atoms with van der Waals surface area (Å²) in [4.78, 5) is 27.3. The zero-order chi connectivity index (χ0) is 15.4. The maximum absolute atomic E-state index is 12.3. The van der Waals surface area contributed by atoms with Gasteiger partial charge in [-0.1, -0.05) is 29.8 Å². The molecule has 2 rings (SSSR count). The van der Waals surface area contributed by atoms with E-state index in [0.29, 0.717) is 37.6 Å². The molecule has 21 heavy (non-hydrogen) atoms. The molecule has 1 aromatic carbocycles. The number of nitrogens with two attached hydrogens (primary N) is 1. The number of rotatable bonds is 4. The van der Waals surface area contributed by atoms with Crippen molar-refractivity contribution in [3.05, 3.63) is 34.9 Å². The lowest BCUT2D eigenvalue weighted by Gasteiger charge is -2.37. The van der Waals surface area contributed by atoms with E-state index in [4.69, 9.17) is 17.3 Å². The normalized spacial score (nSPS) is 17.5. The van der Waals surface area contributed by atoms with Crippen LogP contribution in [0.25, 0.3) is 0 Å². The first kappa shape index (κ1) is 15.8. The Hall–Kier alpha value is -1.59. The molecular weight excluding hydrogens is 290 g/mol. The minimum absolute atomic E-state index is 0.0643. The molecule has 0 unspecified atom stereocenters. The first-order chi connectivity index (χ1) is 9.99. The van der Waals surface area contributed by atoms with Crippen molar-refractivity contribution >= 4 is 23.4 Å². The van der Waals surface area contributed by atoms with Gasteiger partial charge >= 0.3 is 0 Å². The van der Waals surface area contributed by atoms with Crippen molar-refractivity contribution in [2.24, 2.45) is 5.73 Å². The van der Waals surface area contributed by atoms with Gasteiger partial charge in [-0.15, -0.1) is 0 Å². The van der Waals surface area contributed by atoms with Crippen LogP contribution in [-0.4, -0.2) is 53.8 Å². The van der Waals surface area contributed by atoms with E-state index >= 15 is 0 Å². The van der Waals surface area contributed by atoms with E-state index in [9.17, 15) is 9.59 Å². The van der Waals surface area contributed by atoms with Crippen LogP contribution in [0.1, 0.15) is 12.5 Å². The molecule has 114 valence electrons. The Morgan fingerprint density at radius 1 is 1.24 bits per heavy atom. The van der Waals surface area contributed by atoms with Crippen molar-refractivity contribution in [1.82, 2.24) is 9.80 Å². The van der Waals surface area contributed by atoms with Gasteiger partial charge in [-0.05, 0) is 18.6 Å². The fraction of sp³-hybridized carbons (Fsp3) is 0.467. The molecule has 1 atom stereocenters. The van der Waals surface area contributed by atoms with Crippen molar-refractivity contribution < 1.29 is 9.59 Å². The molecule has 0 spiro atoms.